The minimum Gasteiger partial charge on any atom is -0.491 e. The summed E-state index contributed by atoms with van der Waals surface area (Å²) in [6.45, 7) is 10.8. The maximum atomic E-state index is 13.7. The van der Waals surface area contributed by atoms with Crippen LogP contribution < -0.4 is 15.4 Å². The molecule has 53 heavy (non-hydrogen) atoms. The average molecular weight is 866 g/mol. The fourth-order valence-electron chi connectivity index (χ4n) is 6.78. The Balaban J connectivity index is 1.36. The van der Waals surface area contributed by atoms with Gasteiger partial charge in [-0.2, -0.15) is 5.26 Å². The molecule has 3 N–H and O–H groups in total. The number of ether oxygens (including phenoxy) is 4. The van der Waals surface area contributed by atoms with E-state index in [-0.39, 0.29) is 36.5 Å². The van der Waals surface area contributed by atoms with Gasteiger partial charge in [-0.1, -0.05) is 78.9 Å². The van der Waals surface area contributed by atoms with Crippen LogP contribution in [0.1, 0.15) is 90.2 Å². The Bertz CT molecular complexity index is 1520. The third-order valence-electron chi connectivity index (χ3n) is 10.1. The SMILES string of the molecule is CC1=C(c2ccc(CNC(=O)[C@@H]3C[C@@H](O)CC3CCC(=O)[C@@H](NC(=O)C3(C#N)CC3)C(C)(C)C)c(OCCOCCOCCOCI)c2)SC=CCC1. The molecular formula is C40H56IN3O8S. The number of benzene rings is 1. The molecule has 3 aliphatic rings. The van der Waals surface area contributed by atoms with E-state index in [0.717, 1.165) is 24.0 Å². The van der Waals surface area contributed by atoms with Crippen LogP contribution in [0.5, 0.6) is 5.75 Å². The van der Waals surface area contributed by atoms with Crippen LogP contribution in [0, 0.1) is 34.0 Å². The van der Waals surface area contributed by atoms with Crippen molar-refractivity contribution in [3.05, 3.63) is 46.4 Å². The number of carbonyl (C=O) groups is 3. The van der Waals surface area contributed by atoms with Crippen LogP contribution in [-0.2, 0) is 35.1 Å². The molecule has 0 bridgehead atoms. The molecule has 4 atom stereocenters. The molecule has 0 saturated heterocycles. The lowest BCUT2D eigenvalue weighted by Crippen LogP contribution is -2.51. The van der Waals surface area contributed by atoms with Gasteiger partial charge in [0.2, 0.25) is 11.8 Å². The number of alkyl halides is 1. The van der Waals surface area contributed by atoms with Gasteiger partial charge in [-0.3, -0.25) is 14.4 Å². The number of nitrogens with one attached hydrogen (secondary N) is 2. The first-order valence-electron chi connectivity index (χ1n) is 18.7. The molecule has 0 spiro atoms. The van der Waals surface area contributed by atoms with E-state index in [9.17, 15) is 24.8 Å². The van der Waals surface area contributed by atoms with Crippen LogP contribution >= 0.6 is 34.4 Å². The van der Waals surface area contributed by atoms with Crippen molar-refractivity contribution in [3.8, 4) is 11.8 Å². The minimum absolute atomic E-state index is 0.132. The van der Waals surface area contributed by atoms with Gasteiger partial charge in [-0.15, -0.1) is 0 Å². The van der Waals surface area contributed by atoms with E-state index < -0.39 is 28.9 Å². The maximum Gasteiger partial charge on any atom is 0.241 e. The molecule has 0 radical (unpaired) electrons. The summed E-state index contributed by atoms with van der Waals surface area (Å²) in [5.74, 6) is -0.667. The highest BCUT2D eigenvalue weighted by Crippen LogP contribution is 2.45. The van der Waals surface area contributed by atoms with Gasteiger partial charge in [0.15, 0.2) is 5.78 Å². The van der Waals surface area contributed by atoms with Crippen LogP contribution in [-0.4, -0.2) is 79.1 Å². The van der Waals surface area contributed by atoms with Crippen LogP contribution in [0.25, 0.3) is 4.91 Å². The number of allylic oxidation sites excluding steroid dienone is 2. The lowest BCUT2D eigenvalue weighted by molar-refractivity contribution is -0.132. The van der Waals surface area contributed by atoms with E-state index in [1.165, 1.54) is 10.5 Å². The number of aliphatic hydroxyl groups is 1. The van der Waals surface area contributed by atoms with E-state index in [4.69, 9.17) is 18.9 Å². The van der Waals surface area contributed by atoms with Gasteiger partial charge in [0, 0.05) is 29.4 Å². The number of Topliss-reactive ketones (excluding diaryl/α,β-unsaturated/α-hetero) is 1. The lowest BCUT2D eigenvalue weighted by Gasteiger charge is -2.31. The van der Waals surface area contributed by atoms with Crippen LogP contribution in [0.15, 0.2) is 35.3 Å². The first kappa shape index (κ1) is 43.3. The zero-order valence-electron chi connectivity index (χ0n) is 31.5. The zero-order chi connectivity index (χ0) is 38.4. The monoisotopic (exact) mass is 865 g/mol. The van der Waals surface area contributed by atoms with Crippen LogP contribution in [0.3, 0.4) is 0 Å². The highest BCUT2D eigenvalue weighted by Gasteiger charge is 2.52. The third-order valence-corrected chi connectivity index (χ3v) is 11.7. The molecule has 1 aromatic carbocycles. The summed E-state index contributed by atoms with van der Waals surface area (Å²) in [5.41, 5.74) is 1.62. The third kappa shape index (κ3) is 13.1. The number of hydrogen-bond donors (Lipinski definition) is 3. The van der Waals surface area contributed by atoms with Gasteiger partial charge < -0.3 is 34.7 Å². The van der Waals surface area contributed by atoms with E-state index >= 15 is 0 Å². The first-order valence-corrected chi connectivity index (χ1v) is 21.1. The predicted molar refractivity (Wildman–Crippen MR) is 214 cm³/mol. The molecule has 292 valence electrons. The quantitative estimate of drug-likeness (QED) is 0.0712. The van der Waals surface area contributed by atoms with Gasteiger partial charge >= 0.3 is 0 Å². The Morgan fingerprint density at radius 3 is 2.43 bits per heavy atom. The number of carbonyl (C=O) groups excluding carboxylic acids is 3. The summed E-state index contributed by atoms with van der Waals surface area (Å²) in [6.07, 6.45) is 5.87. The molecule has 2 saturated carbocycles. The van der Waals surface area contributed by atoms with Gasteiger partial charge in [-0.25, -0.2) is 0 Å². The molecule has 1 aliphatic heterocycles. The number of rotatable bonds is 21. The molecule has 2 fully saturated rings. The highest BCUT2D eigenvalue weighted by molar-refractivity contribution is 14.1. The van der Waals surface area contributed by atoms with Gasteiger partial charge in [0.05, 0.1) is 55.9 Å². The molecular weight excluding hydrogens is 809 g/mol. The second kappa shape index (κ2) is 21.0. The second-order valence-electron chi connectivity index (χ2n) is 15.2. The Morgan fingerprint density at radius 1 is 1.08 bits per heavy atom. The maximum absolute atomic E-state index is 13.7. The summed E-state index contributed by atoms with van der Waals surface area (Å²) in [4.78, 5) is 41.2. The van der Waals surface area contributed by atoms with Crippen molar-refractivity contribution in [1.82, 2.24) is 10.6 Å². The summed E-state index contributed by atoms with van der Waals surface area (Å²) in [5, 5.41) is 28.2. The summed E-state index contributed by atoms with van der Waals surface area (Å²) in [7, 11) is 0. The second-order valence-corrected chi connectivity index (χ2v) is 16.8. The number of nitrogens with zero attached hydrogens (tertiary/aromatic N) is 1. The standard InChI is InChI=1S/C40H56IN3O8S/c1-27-7-5-6-20-53-35(27)29-8-9-30(34(22-29)52-19-18-50-15-14-49-16-17-51-26-41)24-43-37(47)32-23-31(45)21-28(32)10-11-33(46)36(39(2,3)4)44-38(48)40(25-42)12-13-40/h6,8-9,20,22,28,31-32,36,45H,5,7,10-19,21,23-24,26H2,1-4H3,(H,43,47)(H,44,48)/t28?,31-,32+,36+/m0/s1. The van der Waals surface area contributed by atoms with Crippen LogP contribution in [0.2, 0.25) is 0 Å². The molecule has 13 heteroatoms. The number of halogens is 1. The molecule has 4 rings (SSSR count). The van der Waals surface area contributed by atoms with Gasteiger partial charge in [0.1, 0.15) is 17.8 Å². The molecule has 1 heterocycles. The fourth-order valence-corrected chi connectivity index (χ4v) is 8.02. The lowest BCUT2D eigenvalue weighted by atomic mass is 9.81. The Hall–Kier alpha value is -2.48. The molecule has 0 aromatic heterocycles. The predicted octanol–water partition coefficient (Wildman–Crippen LogP) is 6.47. The zero-order valence-corrected chi connectivity index (χ0v) is 34.5. The topological polar surface area (TPSA) is 156 Å². The summed E-state index contributed by atoms with van der Waals surface area (Å²) < 4.78 is 23.4. The average Bonchev–Trinajstić information content (AvgIpc) is 3.89. The molecule has 1 aromatic rings. The van der Waals surface area contributed by atoms with Crippen molar-refractivity contribution < 1.29 is 38.4 Å². The van der Waals surface area contributed by atoms with Crippen molar-refractivity contribution in [1.29, 1.82) is 5.26 Å². The summed E-state index contributed by atoms with van der Waals surface area (Å²) in [6, 6.07) is 7.43. The van der Waals surface area contributed by atoms with Crippen molar-refractivity contribution in [2.45, 2.75) is 97.8 Å². The Kier molecular flexibility index (Phi) is 17.1. The van der Waals surface area contributed by atoms with E-state index in [1.54, 1.807) is 11.8 Å². The number of ketones is 1. The first-order chi connectivity index (χ1) is 25.4. The Morgan fingerprint density at radius 2 is 1.77 bits per heavy atom. The molecule has 2 aliphatic carbocycles. The van der Waals surface area contributed by atoms with Crippen molar-refractivity contribution in [2.24, 2.45) is 22.7 Å². The molecule has 11 nitrogen and oxygen atoms in total. The minimum atomic E-state index is -1.03. The smallest absolute Gasteiger partial charge is 0.241 e. The number of nitriles is 1. The molecule has 2 amide bonds. The Labute approximate surface area is 332 Å². The number of amides is 2. The van der Waals surface area contributed by atoms with E-state index in [1.807, 2.05) is 32.9 Å². The number of hydrogen-bond acceptors (Lipinski definition) is 10. The number of thioether (sulfide) groups is 1. The summed E-state index contributed by atoms with van der Waals surface area (Å²) >= 11 is 3.85. The van der Waals surface area contributed by atoms with Crippen molar-refractivity contribution in [2.75, 3.05) is 44.3 Å². The molecule has 1 unspecified atom stereocenters. The normalized spacial score (nSPS) is 21.4. The number of aliphatic hydroxyl groups excluding tert-OH is 1. The van der Waals surface area contributed by atoms with Crippen molar-refractivity contribution in [3.63, 3.8) is 0 Å². The fraction of sp³-hybridized carbons (Fsp3) is 0.650. The highest BCUT2D eigenvalue weighted by atomic mass is 127. The van der Waals surface area contributed by atoms with Gasteiger partial charge in [-0.05, 0) is 80.2 Å². The van der Waals surface area contributed by atoms with Crippen LogP contribution in [0.4, 0.5) is 0 Å². The van der Waals surface area contributed by atoms with Crippen molar-refractivity contribution >= 4 is 56.9 Å². The van der Waals surface area contributed by atoms with E-state index in [2.05, 4.69) is 63.8 Å². The van der Waals surface area contributed by atoms with Gasteiger partial charge in [0.25, 0.3) is 0 Å². The largest absolute Gasteiger partial charge is 0.491 e. The van der Waals surface area contributed by atoms with E-state index in [0.29, 0.717) is 82.1 Å².